The molecule has 1 atom stereocenters. The topological polar surface area (TPSA) is 50.4 Å². The van der Waals surface area contributed by atoms with E-state index in [-0.39, 0.29) is 22.5 Å². The molecule has 0 bridgehead atoms. The molecule has 0 aromatic heterocycles. The molecular formula is C19H26ClFN2O2. The van der Waals surface area contributed by atoms with Crippen molar-refractivity contribution in [2.75, 3.05) is 19.8 Å². The minimum Gasteiger partial charge on any atom is -0.381 e. The molecule has 0 unspecified atom stereocenters. The van der Waals surface area contributed by atoms with Crippen molar-refractivity contribution >= 4 is 17.5 Å². The number of amides is 1. The summed E-state index contributed by atoms with van der Waals surface area (Å²) in [6, 6.07) is 4.60. The van der Waals surface area contributed by atoms with E-state index in [1.54, 1.807) is 0 Å². The van der Waals surface area contributed by atoms with Gasteiger partial charge >= 0.3 is 0 Å². The second-order valence-electron chi connectivity index (χ2n) is 7.15. The maximum Gasteiger partial charge on any atom is 0.251 e. The van der Waals surface area contributed by atoms with Crippen LogP contribution >= 0.6 is 11.6 Å². The summed E-state index contributed by atoms with van der Waals surface area (Å²) in [5, 5.41) is 6.88. The van der Waals surface area contributed by atoms with Crippen LogP contribution in [0.1, 0.15) is 48.9 Å². The van der Waals surface area contributed by atoms with Gasteiger partial charge in [-0.1, -0.05) is 11.6 Å². The number of nitrogens with one attached hydrogen (secondary N) is 2. The highest BCUT2D eigenvalue weighted by molar-refractivity contribution is 6.31. The molecule has 1 aliphatic heterocycles. The van der Waals surface area contributed by atoms with E-state index < -0.39 is 5.82 Å². The Morgan fingerprint density at radius 3 is 2.60 bits per heavy atom. The van der Waals surface area contributed by atoms with Crippen molar-refractivity contribution in [1.29, 1.82) is 0 Å². The van der Waals surface area contributed by atoms with Crippen molar-refractivity contribution in [2.45, 2.75) is 50.6 Å². The average molecular weight is 369 g/mol. The molecule has 1 heterocycles. The van der Waals surface area contributed by atoms with Crippen LogP contribution in [0.15, 0.2) is 18.2 Å². The van der Waals surface area contributed by atoms with E-state index in [9.17, 15) is 9.18 Å². The van der Waals surface area contributed by atoms with Crippen LogP contribution in [-0.4, -0.2) is 37.7 Å². The first-order valence-electron chi connectivity index (χ1n) is 9.18. The van der Waals surface area contributed by atoms with Crippen molar-refractivity contribution in [3.8, 4) is 0 Å². The van der Waals surface area contributed by atoms with Crippen molar-refractivity contribution in [3.63, 3.8) is 0 Å². The van der Waals surface area contributed by atoms with Gasteiger partial charge in [0.2, 0.25) is 0 Å². The zero-order valence-corrected chi connectivity index (χ0v) is 15.2. The fourth-order valence-corrected chi connectivity index (χ4v) is 3.92. The van der Waals surface area contributed by atoms with Crippen molar-refractivity contribution < 1.29 is 13.9 Å². The van der Waals surface area contributed by atoms with Crippen LogP contribution in [-0.2, 0) is 4.74 Å². The van der Waals surface area contributed by atoms with Gasteiger partial charge in [0.25, 0.3) is 5.91 Å². The van der Waals surface area contributed by atoms with E-state index in [1.807, 2.05) is 0 Å². The maximum absolute atomic E-state index is 13.4. The van der Waals surface area contributed by atoms with E-state index in [0.717, 1.165) is 45.4 Å². The van der Waals surface area contributed by atoms with Gasteiger partial charge in [-0.15, -0.1) is 0 Å². The molecule has 4 nitrogen and oxygen atoms in total. The summed E-state index contributed by atoms with van der Waals surface area (Å²) < 4.78 is 18.8. The zero-order chi connectivity index (χ0) is 17.6. The number of hydrogen-bond acceptors (Lipinski definition) is 3. The molecule has 1 saturated carbocycles. The predicted octanol–water partition coefficient (Wildman–Crippen LogP) is 3.54. The monoisotopic (exact) mass is 368 g/mol. The number of carbonyl (C=O) groups is 1. The van der Waals surface area contributed by atoms with Crippen molar-refractivity contribution in [2.24, 2.45) is 5.92 Å². The molecule has 0 radical (unpaired) electrons. The van der Waals surface area contributed by atoms with Crippen LogP contribution in [0.5, 0.6) is 0 Å². The second kappa shape index (κ2) is 8.97. The Labute approximate surface area is 153 Å². The molecule has 3 rings (SSSR count). The summed E-state index contributed by atoms with van der Waals surface area (Å²) in [6.45, 7) is 2.86. The number of halogens is 2. The Hall–Kier alpha value is -1.17. The molecule has 1 aliphatic carbocycles. The molecule has 2 fully saturated rings. The van der Waals surface area contributed by atoms with Gasteiger partial charge in [-0.05, 0) is 69.2 Å². The summed E-state index contributed by atoms with van der Waals surface area (Å²) in [4.78, 5) is 12.3. The molecule has 138 valence electrons. The molecule has 1 aromatic carbocycles. The lowest BCUT2D eigenvalue weighted by molar-refractivity contribution is 0.0923. The second-order valence-corrected chi connectivity index (χ2v) is 7.59. The van der Waals surface area contributed by atoms with E-state index in [4.69, 9.17) is 16.3 Å². The molecule has 6 heteroatoms. The van der Waals surface area contributed by atoms with E-state index in [0.29, 0.717) is 12.0 Å². The normalized spacial score (nSPS) is 26.6. The number of carbonyl (C=O) groups excluding carboxylic acids is 1. The lowest BCUT2D eigenvalue weighted by atomic mass is 9.90. The summed E-state index contributed by atoms with van der Waals surface area (Å²) >= 11 is 5.82. The standard InChI is InChI=1S/C19H26ClFN2O2/c20-15-9-14(10-16(21)11-15)19(24)23-18-3-1-17(2-4-18)22-7-5-13-6-8-25-12-13/h9-11,13,17-18,22H,1-8,12H2,(H,23,24)/t13-,17-,18-/m0/s1. The van der Waals surface area contributed by atoms with Crippen LogP contribution in [0.2, 0.25) is 5.02 Å². The van der Waals surface area contributed by atoms with Gasteiger partial charge in [0, 0.05) is 35.9 Å². The van der Waals surface area contributed by atoms with E-state index in [2.05, 4.69) is 10.6 Å². The summed E-state index contributed by atoms with van der Waals surface area (Å²) in [5.74, 6) is -0.0292. The Bertz CT molecular complexity index is 565. The molecule has 1 saturated heterocycles. The lowest BCUT2D eigenvalue weighted by Gasteiger charge is -2.30. The van der Waals surface area contributed by atoms with Gasteiger partial charge in [0.1, 0.15) is 5.82 Å². The SMILES string of the molecule is O=C(N[C@H]1CC[C@H](NCC[C@H]2CCOC2)CC1)c1cc(F)cc(Cl)c1. The molecule has 1 aromatic rings. The Kier molecular flexibility index (Phi) is 6.68. The molecule has 0 spiro atoms. The van der Waals surface area contributed by atoms with Crippen molar-refractivity contribution in [3.05, 3.63) is 34.6 Å². The van der Waals surface area contributed by atoms with Crippen LogP contribution < -0.4 is 10.6 Å². The molecule has 2 aliphatic rings. The van der Waals surface area contributed by atoms with Gasteiger partial charge in [0.15, 0.2) is 0 Å². The van der Waals surface area contributed by atoms with E-state index in [1.165, 1.54) is 31.0 Å². The Morgan fingerprint density at radius 2 is 1.92 bits per heavy atom. The fraction of sp³-hybridized carbons (Fsp3) is 0.632. The highest BCUT2D eigenvalue weighted by atomic mass is 35.5. The smallest absolute Gasteiger partial charge is 0.251 e. The highest BCUT2D eigenvalue weighted by Gasteiger charge is 2.23. The first kappa shape index (κ1) is 18.6. The minimum atomic E-state index is -0.488. The predicted molar refractivity (Wildman–Crippen MR) is 96.5 cm³/mol. The number of rotatable bonds is 6. The first-order valence-corrected chi connectivity index (χ1v) is 9.56. The van der Waals surface area contributed by atoms with Crippen LogP contribution in [0.25, 0.3) is 0 Å². The maximum atomic E-state index is 13.4. The Balaban J connectivity index is 1.37. The summed E-state index contributed by atoms with van der Waals surface area (Å²) in [7, 11) is 0. The van der Waals surface area contributed by atoms with E-state index >= 15 is 0 Å². The number of benzene rings is 1. The third-order valence-electron chi connectivity index (χ3n) is 5.20. The molecule has 25 heavy (non-hydrogen) atoms. The fourth-order valence-electron chi connectivity index (χ4n) is 3.70. The quantitative estimate of drug-likeness (QED) is 0.807. The summed E-state index contributed by atoms with van der Waals surface area (Å²) in [6.07, 6.45) is 6.35. The average Bonchev–Trinajstić information content (AvgIpc) is 3.09. The van der Waals surface area contributed by atoms with Gasteiger partial charge in [-0.3, -0.25) is 4.79 Å². The molecule has 1 amide bonds. The zero-order valence-electron chi connectivity index (χ0n) is 14.4. The Morgan fingerprint density at radius 1 is 1.16 bits per heavy atom. The largest absolute Gasteiger partial charge is 0.381 e. The molecular weight excluding hydrogens is 343 g/mol. The van der Waals surface area contributed by atoms with Gasteiger partial charge in [-0.25, -0.2) is 4.39 Å². The lowest BCUT2D eigenvalue weighted by Crippen LogP contribution is -2.42. The van der Waals surface area contributed by atoms with Crippen LogP contribution in [0.4, 0.5) is 4.39 Å². The first-order chi connectivity index (χ1) is 12.1. The van der Waals surface area contributed by atoms with Crippen molar-refractivity contribution in [1.82, 2.24) is 10.6 Å². The number of hydrogen-bond donors (Lipinski definition) is 2. The number of ether oxygens (including phenoxy) is 1. The van der Waals surface area contributed by atoms with Crippen LogP contribution in [0, 0.1) is 11.7 Å². The third-order valence-corrected chi connectivity index (χ3v) is 5.41. The third kappa shape index (κ3) is 5.66. The van der Waals surface area contributed by atoms with Crippen LogP contribution in [0.3, 0.4) is 0 Å². The highest BCUT2D eigenvalue weighted by Crippen LogP contribution is 2.21. The molecule has 2 N–H and O–H groups in total. The minimum absolute atomic E-state index is 0.149. The van der Waals surface area contributed by atoms with Gasteiger partial charge in [-0.2, -0.15) is 0 Å². The summed E-state index contributed by atoms with van der Waals surface area (Å²) in [5.41, 5.74) is 0.282. The van der Waals surface area contributed by atoms with Gasteiger partial charge < -0.3 is 15.4 Å². The van der Waals surface area contributed by atoms with Gasteiger partial charge in [0.05, 0.1) is 0 Å².